The van der Waals surface area contributed by atoms with Gasteiger partial charge < -0.3 is 10.6 Å². The lowest BCUT2D eigenvalue weighted by Crippen LogP contribution is -2.52. The Hall–Kier alpha value is -1.15. The molecular weight excluding hydrogens is 276 g/mol. The second-order valence-electron chi connectivity index (χ2n) is 5.31. The molecule has 2 rings (SSSR count). The van der Waals surface area contributed by atoms with Gasteiger partial charge >= 0.3 is 0 Å². The van der Waals surface area contributed by atoms with E-state index < -0.39 is 10.0 Å². The van der Waals surface area contributed by atoms with Crippen molar-refractivity contribution in [3.63, 3.8) is 0 Å². The van der Waals surface area contributed by atoms with Crippen LogP contribution in [-0.4, -0.2) is 51.6 Å². The summed E-state index contributed by atoms with van der Waals surface area (Å²) in [6.45, 7) is 6.56. The first-order valence-electron chi connectivity index (χ1n) is 6.63. The number of nitrogen functional groups attached to an aromatic ring is 1. The van der Waals surface area contributed by atoms with Gasteiger partial charge in [-0.05, 0) is 38.1 Å². The third-order valence-corrected chi connectivity index (χ3v) is 5.33. The van der Waals surface area contributed by atoms with Crippen LogP contribution in [0.25, 0.3) is 0 Å². The molecule has 0 atom stereocenters. The molecule has 1 heterocycles. The number of hydrogen-bond donors (Lipinski definition) is 2. The molecule has 0 spiro atoms. The fraction of sp³-hybridized carbons (Fsp3) is 0.538. The Kier molecular flexibility index (Phi) is 4.33. The van der Waals surface area contributed by atoms with Gasteiger partial charge in [0.2, 0.25) is 0 Å². The average molecular weight is 298 g/mol. The fourth-order valence-electron chi connectivity index (χ4n) is 2.37. The highest BCUT2D eigenvalue weighted by Gasteiger charge is 2.25. The lowest BCUT2D eigenvalue weighted by molar-refractivity contribution is 0.135. The number of benzene rings is 1. The van der Waals surface area contributed by atoms with Gasteiger partial charge in [-0.2, -0.15) is 0 Å². The van der Waals surface area contributed by atoms with Crippen LogP contribution >= 0.6 is 0 Å². The number of hydrazine groups is 1. The number of nitrogens with two attached hydrogens (primary N) is 1. The van der Waals surface area contributed by atoms with Crippen LogP contribution in [0.4, 0.5) is 5.69 Å². The minimum Gasteiger partial charge on any atom is -0.398 e. The van der Waals surface area contributed by atoms with Crippen molar-refractivity contribution in [2.75, 3.05) is 39.0 Å². The minimum absolute atomic E-state index is 0.288. The minimum atomic E-state index is -3.58. The summed E-state index contributed by atoms with van der Waals surface area (Å²) in [4.78, 5) is 5.12. The summed E-state index contributed by atoms with van der Waals surface area (Å²) < 4.78 is 25.1. The molecule has 1 aliphatic rings. The van der Waals surface area contributed by atoms with Gasteiger partial charge in [0.1, 0.15) is 0 Å². The Morgan fingerprint density at radius 2 is 1.75 bits per heavy atom. The highest BCUT2D eigenvalue weighted by atomic mass is 32.2. The van der Waals surface area contributed by atoms with Gasteiger partial charge in [-0.1, -0.05) is 6.07 Å². The van der Waals surface area contributed by atoms with Crippen LogP contribution in [0, 0.1) is 13.8 Å². The van der Waals surface area contributed by atoms with Crippen LogP contribution in [0.3, 0.4) is 0 Å². The molecule has 6 nitrogen and oxygen atoms in total. The maximum Gasteiger partial charge on any atom is 0.254 e. The summed E-state index contributed by atoms with van der Waals surface area (Å²) in [7, 11) is -1.56. The Morgan fingerprint density at radius 1 is 1.15 bits per heavy atom. The maximum atomic E-state index is 12.6. The van der Waals surface area contributed by atoms with Gasteiger partial charge in [0.25, 0.3) is 10.0 Å². The molecule has 0 amide bonds. The lowest BCUT2D eigenvalue weighted by Gasteiger charge is -2.32. The first kappa shape index (κ1) is 15.2. The Bertz CT molecular complexity index is 593. The number of nitrogens with zero attached hydrogens (tertiary/aromatic N) is 2. The molecule has 112 valence electrons. The van der Waals surface area contributed by atoms with E-state index in [4.69, 9.17) is 5.73 Å². The number of rotatable bonds is 3. The highest BCUT2D eigenvalue weighted by Crippen LogP contribution is 2.24. The van der Waals surface area contributed by atoms with Crippen molar-refractivity contribution in [3.8, 4) is 0 Å². The molecule has 0 saturated carbocycles. The second kappa shape index (κ2) is 5.69. The SMILES string of the molecule is Cc1ccc(N)c(C)c1S(=O)(=O)NN1CCN(C)CC1. The number of piperazine rings is 1. The van der Waals surface area contributed by atoms with Crippen LogP contribution in [-0.2, 0) is 10.0 Å². The van der Waals surface area contributed by atoms with Crippen LogP contribution in [0.5, 0.6) is 0 Å². The predicted octanol–water partition coefficient (Wildman–Crippen LogP) is 0.326. The zero-order chi connectivity index (χ0) is 14.9. The zero-order valence-corrected chi connectivity index (χ0v) is 13.0. The van der Waals surface area contributed by atoms with Crippen molar-refractivity contribution in [1.29, 1.82) is 0 Å². The summed E-state index contributed by atoms with van der Waals surface area (Å²) in [5.74, 6) is 0. The van der Waals surface area contributed by atoms with Crippen molar-refractivity contribution in [3.05, 3.63) is 23.3 Å². The number of nitrogens with one attached hydrogen (secondary N) is 1. The summed E-state index contributed by atoms with van der Waals surface area (Å²) in [5.41, 5.74) is 7.63. The highest BCUT2D eigenvalue weighted by molar-refractivity contribution is 7.89. The standard InChI is InChI=1S/C13H22N4O2S/c1-10-4-5-12(14)11(2)13(10)20(18,19)15-17-8-6-16(3)7-9-17/h4-5,15H,6-9,14H2,1-3H3. The van der Waals surface area contributed by atoms with Crippen LogP contribution in [0.1, 0.15) is 11.1 Å². The largest absolute Gasteiger partial charge is 0.398 e. The van der Waals surface area contributed by atoms with E-state index in [-0.39, 0.29) is 4.90 Å². The molecule has 0 aromatic heterocycles. The number of likely N-dealkylation sites (N-methyl/N-ethyl adjacent to an activating group) is 1. The van der Waals surface area contributed by atoms with E-state index in [2.05, 4.69) is 9.73 Å². The Balaban J connectivity index is 2.25. The van der Waals surface area contributed by atoms with Crippen molar-refractivity contribution < 1.29 is 8.42 Å². The molecule has 0 unspecified atom stereocenters. The van der Waals surface area contributed by atoms with Crippen molar-refractivity contribution in [2.45, 2.75) is 18.7 Å². The topological polar surface area (TPSA) is 78.7 Å². The smallest absolute Gasteiger partial charge is 0.254 e. The third-order valence-electron chi connectivity index (χ3n) is 3.67. The van der Waals surface area contributed by atoms with Crippen LogP contribution < -0.4 is 10.6 Å². The molecule has 7 heteroatoms. The molecule has 1 aromatic carbocycles. The van der Waals surface area contributed by atoms with Crippen molar-refractivity contribution in [1.82, 2.24) is 14.7 Å². The molecule has 0 aliphatic carbocycles. The Labute approximate surface area is 120 Å². The number of hydrogen-bond acceptors (Lipinski definition) is 5. The maximum absolute atomic E-state index is 12.6. The summed E-state index contributed by atoms with van der Waals surface area (Å²) >= 11 is 0. The number of sulfonamides is 1. The molecule has 1 saturated heterocycles. The molecule has 0 bridgehead atoms. The number of aryl methyl sites for hydroxylation is 1. The third kappa shape index (κ3) is 3.12. The van der Waals surface area contributed by atoms with E-state index in [1.807, 2.05) is 7.05 Å². The van der Waals surface area contributed by atoms with E-state index in [1.54, 1.807) is 31.0 Å². The fourth-order valence-corrected chi connectivity index (χ4v) is 4.00. The molecule has 1 fully saturated rings. The molecule has 1 aliphatic heterocycles. The summed E-state index contributed by atoms with van der Waals surface area (Å²) in [6.07, 6.45) is 0. The van der Waals surface area contributed by atoms with Gasteiger partial charge in [0, 0.05) is 31.9 Å². The van der Waals surface area contributed by atoms with Gasteiger partial charge in [0.05, 0.1) is 4.90 Å². The lowest BCUT2D eigenvalue weighted by atomic mass is 10.1. The predicted molar refractivity (Wildman–Crippen MR) is 79.7 cm³/mol. The first-order valence-corrected chi connectivity index (χ1v) is 8.11. The normalized spacial score (nSPS) is 18.4. The number of anilines is 1. The molecular formula is C13H22N4O2S. The Morgan fingerprint density at radius 3 is 2.35 bits per heavy atom. The quantitative estimate of drug-likeness (QED) is 0.786. The van der Waals surface area contributed by atoms with E-state index in [1.165, 1.54) is 0 Å². The second-order valence-corrected chi connectivity index (χ2v) is 6.91. The summed E-state index contributed by atoms with van der Waals surface area (Å²) in [6, 6.07) is 3.47. The van der Waals surface area contributed by atoms with Crippen molar-refractivity contribution in [2.24, 2.45) is 0 Å². The van der Waals surface area contributed by atoms with Crippen LogP contribution in [0.15, 0.2) is 17.0 Å². The summed E-state index contributed by atoms with van der Waals surface area (Å²) in [5, 5.41) is 1.75. The molecule has 20 heavy (non-hydrogen) atoms. The molecule has 0 radical (unpaired) electrons. The first-order chi connectivity index (χ1) is 9.31. The molecule has 3 N–H and O–H groups in total. The van der Waals surface area contributed by atoms with Gasteiger partial charge in [-0.3, -0.25) is 0 Å². The van der Waals surface area contributed by atoms with E-state index in [0.29, 0.717) is 29.9 Å². The average Bonchev–Trinajstić information content (AvgIpc) is 2.37. The van der Waals surface area contributed by atoms with Gasteiger partial charge in [-0.25, -0.2) is 13.4 Å². The van der Waals surface area contributed by atoms with E-state index >= 15 is 0 Å². The van der Waals surface area contributed by atoms with E-state index in [9.17, 15) is 8.42 Å². The monoisotopic (exact) mass is 298 g/mol. The van der Waals surface area contributed by atoms with Gasteiger partial charge in [0.15, 0.2) is 0 Å². The zero-order valence-electron chi connectivity index (χ0n) is 12.2. The van der Waals surface area contributed by atoms with Crippen molar-refractivity contribution >= 4 is 15.7 Å². The van der Waals surface area contributed by atoms with Gasteiger partial charge in [-0.15, -0.1) is 4.83 Å². The van der Waals surface area contributed by atoms with Crippen LogP contribution in [0.2, 0.25) is 0 Å². The molecule has 1 aromatic rings. The van der Waals surface area contributed by atoms with E-state index in [0.717, 1.165) is 13.1 Å².